The normalized spacial score (nSPS) is 14.9. The molecule has 280 valence electrons. The number of nitrogens with zero attached hydrogens (tertiary/aromatic N) is 2. The third kappa shape index (κ3) is 5.88. The van der Waals surface area contributed by atoms with Crippen LogP contribution in [0.3, 0.4) is 0 Å². The summed E-state index contributed by atoms with van der Waals surface area (Å²) in [5.41, 5.74) is 9.50. The smallest absolute Gasteiger partial charge is 0.0742 e. The first kappa shape index (κ1) is 27.8. The van der Waals surface area contributed by atoms with Crippen LogP contribution in [0.1, 0.15) is 33.2 Å². The van der Waals surface area contributed by atoms with Crippen molar-refractivity contribution in [3.05, 3.63) is 252 Å². The summed E-state index contributed by atoms with van der Waals surface area (Å²) in [6.07, 6.45) is 0. The summed E-state index contributed by atoms with van der Waals surface area (Å²) < 4.78 is 71.1. The van der Waals surface area contributed by atoms with E-state index in [2.05, 4.69) is 138 Å². The molecule has 10 aromatic rings. The predicted octanol–water partition coefficient (Wildman–Crippen LogP) is 15.4. The minimum absolute atomic E-state index is 0.0366. The molecule has 2 heterocycles. The second kappa shape index (κ2) is 14.6. The minimum Gasteiger partial charge on any atom is -0.310 e. The topological polar surface area (TPSA) is 8.17 Å². The Morgan fingerprint density at radius 3 is 1.75 bits per heavy atom. The summed E-state index contributed by atoms with van der Waals surface area (Å²) in [5.74, 6) is 0. The Labute approximate surface area is 364 Å². The highest BCUT2D eigenvalue weighted by Gasteiger charge is 2.46. The van der Waals surface area contributed by atoms with Crippen LogP contribution in [-0.4, -0.2) is 4.57 Å². The lowest BCUT2D eigenvalue weighted by atomic mass is 9.62. The maximum Gasteiger partial charge on any atom is 0.0742 e. The van der Waals surface area contributed by atoms with Crippen molar-refractivity contribution < 1.29 is 11.0 Å². The Bertz CT molecular complexity index is 3510. The van der Waals surface area contributed by atoms with Crippen LogP contribution in [0.4, 0.5) is 17.1 Å². The quantitative estimate of drug-likeness (QED) is 0.159. The van der Waals surface area contributed by atoms with Crippen LogP contribution >= 0.6 is 23.4 Å². The Hall–Kier alpha value is -6.78. The Morgan fingerprint density at radius 2 is 1.05 bits per heavy atom. The summed E-state index contributed by atoms with van der Waals surface area (Å²) in [5, 5.41) is 0.612. The van der Waals surface area contributed by atoms with Gasteiger partial charge in [-0.15, -0.1) is 0 Å². The molecule has 0 amide bonds. The molecule has 0 bridgehead atoms. The van der Waals surface area contributed by atoms with Crippen molar-refractivity contribution in [3.8, 4) is 16.8 Å². The molecule has 0 radical (unpaired) electrons. The van der Waals surface area contributed by atoms with Crippen molar-refractivity contribution in [2.75, 3.05) is 4.90 Å². The van der Waals surface area contributed by atoms with Gasteiger partial charge in [0.25, 0.3) is 0 Å². The van der Waals surface area contributed by atoms with Crippen molar-refractivity contribution in [2.24, 2.45) is 0 Å². The number of fused-ring (bicyclic) bond motifs is 5. The van der Waals surface area contributed by atoms with Crippen LogP contribution in [0.2, 0.25) is 5.02 Å². The molecule has 0 fully saturated rings. The van der Waals surface area contributed by atoms with Crippen molar-refractivity contribution in [1.29, 1.82) is 0 Å². The van der Waals surface area contributed by atoms with Crippen molar-refractivity contribution in [2.45, 2.75) is 15.2 Å². The van der Waals surface area contributed by atoms with E-state index in [1.54, 1.807) is 6.07 Å². The highest BCUT2D eigenvalue weighted by Crippen LogP contribution is 2.58. The monoisotopic (exact) mass is 800 g/mol. The largest absolute Gasteiger partial charge is 0.310 e. The third-order valence-corrected chi connectivity index (χ3v) is 12.3. The molecule has 0 spiro atoms. The van der Waals surface area contributed by atoms with Crippen LogP contribution in [-0.2, 0) is 5.41 Å². The van der Waals surface area contributed by atoms with E-state index in [4.69, 9.17) is 22.6 Å². The van der Waals surface area contributed by atoms with E-state index in [1.165, 1.54) is 16.3 Å². The molecule has 0 atom stereocenters. The molecular formula is C55H37ClN2S. The van der Waals surface area contributed by atoms with E-state index in [-0.39, 0.29) is 46.0 Å². The average molecular weight is 801 g/mol. The molecular weight excluding hydrogens is 756 g/mol. The van der Waals surface area contributed by atoms with Crippen molar-refractivity contribution in [3.63, 3.8) is 0 Å². The first-order valence-corrected chi connectivity index (χ1v) is 20.5. The van der Waals surface area contributed by atoms with Gasteiger partial charge in [0.2, 0.25) is 0 Å². The van der Waals surface area contributed by atoms with Gasteiger partial charge in [0, 0.05) is 37.0 Å². The fourth-order valence-corrected chi connectivity index (χ4v) is 10.1. The van der Waals surface area contributed by atoms with E-state index in [0.717, 1.165) is 60.2 Å². The zero-order valence-electron chi connectivity index (χ0n) is 39.4. The Morgan fingerprint density at radius 1 is 0.458 bits per heavy atom. The van der Waals surface area contributed by atoms with E-state index in [9.17, 15) is 0 Å². The number of hydrogen-bond donors (Lipinski definition) is 0. The van der Waals surface area contributed by atoms with E-state index < -0.39 is 29.6 Å². The molecule has 1 aromatic heterocycles. The first-order valence-electron chi connectivity index (χ1n) is 23.3. The van der Waals surface area contributed by atoms with Gasteiger partial charge in [-0.25, -0.2) is 0 Å². The lowest BCUT2D eigenvalue weighted by Crippen LogP contribution is -2.37. The lowest BCUT2D eigenvalue weighted by molar-refractivity contribution is 0.731. The van der Waals surface area contributed by atoms with Gasteiger partial charge >= 0.3 is 0 Å². The molecule has 4 heteroatoms. The molecule has 1 aliphatic rings. The molecule has 1 aliphatic heterocycles. The summed E-state index contributed by atoms with van der Waals surface area (Å²) in [4.78, 5) is 3.96. The Balaban J connectivity index is 1.08. The summed E-state index contributed by atoms with van der Waals surface area (Å²) >= 11 is 8.48. The number of halogens is 1. The SMILES string of the molecule is [2H]c1c([2H])c([2H])c2c(c1[2H])c1c([2H])c([2H])c([2H])c([2H])c1n2-c1cccc(Sc2cc(Cl)cc(-c3ccc4c(c3)C(c3ccccc3)(c3ccccc3)c3ccccc3N4c3ccccc3)c2)c1. The number of anilines is 3. The number of benzene rings is 9. The van der Waals surface area contributed by atoms with E-state index in [0.29, 0.717) is 10.7 Å². The Kier molecular flexibility index (Phi) is 6.85. The predicted molar refractivity (Wildman–Crippen MR) is 248 cm³/mol. The van der Waals surface area contributed by atoms with Gasteiger partial charge in [0.15, 0.2) is 0 Å². The molecule has 0 N–H and O–H groups in total. The molecule has 9 aromatic carbocycles. The summed E-state index contributed by atoms with van der Waals surface area (Å²) in [6.45, 7) is 0. The van der Waals surface area contributed by atoms with Crippen LogP contribution in [0.5, 0.6) is 0 Å². The molecule has 0 aliphatic carbocycles. The second-order valence-electron chi connectivity index (χ2n) is 14.5. The number of aromatic nitrogens is 1. The van der Waals surface area contributed by atoms with Gasteiger partial charge in [-0.2, -0.15) is 0 Å². The average Bonchev–Trinajstić information content (AvgIpc) is 3.73. The zero-order valence-corrected chi connectivity index (χ0v) is 33.0. The molecule has 59 heavy (non-hydrogen) atoms. The van der Waals surface area contributed by atoms with Gasteiger partial charge in [-0.3, -0.25) is 0 Å². The number of hydrogen-bond acceptors (Lipinski definition) is 2. The minimum atomic E-state index is -0.704. The standard InChI is InChI=1S/C55H37ClN2S/c56-42-33-39(34-46(36-42)59-45-24-16-23-44(37-45)58-51-28-13-10-25-47(51)48-26-11-14-29-52(48)58)38-31-32-54-50(35-38)55(40-17-4-1-5-18-40,41-19-6-2-7-20-41)49-27-12-15-30-53(49)57(54)43-21-8-3-9-22-43/h1-37H/i10D,11D,13D,14D,25D,26D,28D,29D. The molecule has 11 rings (SSSR count). The van der Waals surface area contributed by atoms with Crippen LogP contribution in [0, 0.1) is 0 Å². The second-order valence-corrected chi connectivity index (χ2v) is 16.0. The first-order chi connectivity index (χ1) is 32.5. The third-order valence-electron chi connectivity index (χ3n) is 11.2. The van der Waals surface area contributed by atoms with Gasteiger partial charge in [0.1, 0.15) is 0 Å². The van der Waals surface area contributed by atoms with E-state index >= 15 is 0 Å². The molecule has 0 unspecified atom stereocenters. The van der Waals surface area contributed by atoms with Crippen molar-refractivity contribution >= 4 is 62.2 Å². The maximum atomic E-state index is 8.98. The van der Waals surface area contributed by atoms with Gasteiger partial charge in [-0.05, 0) is 112 Å². The summed E-state index contributed by atoms with van der Waals surface area (Å²) in [6, 6.07) is 57.2. The van der Waals surface area contributed by atoms with Crippen LogP contribution in [0.25, 0.3) is 38.6 Å². The highest BCUT2D eigenvalue weighted by molar-refractivity contribution is 7.99. The van der Waals surface area contributed by atoms with Gasteiger partial charge < -0.3 is 9.47 Å². The highest BCUT2D eigenvalue weighted by atomic mass is 35.5. The lowest BCUT2D eigenvalue weighted by Gasteiger charge is -2.46. The van der Waals surface area contributed by atoms with E-state index in [1.807, 2.05) is 36.4 Å². The fraction of sp³-hybridized carbons (Fsp3) is 0.0182. The van der Waals surface area contributed by atoms with Crippen LogP contribution in [0.15, 0.2) is 234 Å². The van der Waals surface area contributed by atoms with Gasteiger partial charge in [-0.1, -0.05) is 169 Å². The van der Waals surface area contributed by atoms with Crippen molar-refractivity contribution in [1.82, 2.24) is 4.57 Å². The molecule has 0 saturated carbocycles. The maximum absolute atomic E-state index is 8.98. The fourth-order valence-electron chi connectivity index (χ4n) is 8.78. The number of rotatable bonds is 7. The molecule has 2 nitrogen and oxygen atoms in total. The summed E-state index contributed by atoms with van der Waals surface area (Å²) in [7, 11) is 0. The van der Waals surface area contributed by atoms with Gasteiger partial charge in [0.05, 0.1) is 38.8 Å². The zero-order chi connectivity index (χ0) is 46.3. The molecule has 0 saturated heterocycles. The van der Waals surface area contributed by atoms with Crippen LogP contribution < -0.4 is 4.90 Å². The number of para-hydroxylation sites is 4.